The molecule has 1 amide bonds. The van der Waals surface area contributed by atoms with Crippen LogP contribution in [0.2, 0.25) is 6.04 Å². The molecule has 6 heteroatoms. The molecule has 0 aromatic rings. The minimum atomic E-state index is -2.77. The van der Waals surface area contributed by atoms with Crippen molar-refractivity contribution in [3.63, 3.8) is 0 Å². The molecule has 1 saturated carbocycles. The fourth-order valence-corrected chi connectivity index (χ4v) is 7.33. The largest absolute Gasteiger partial charge is 0.501 e. The molecule has 1 N–H and O–H groups in total. The molecular weight excluding hydrogens is 370 g/mol. The summed E-state index contributed by atoms with van der Waals surface area (Å²) < 4.78 is 18.6. The summed E-state index contributed by atoms with van der Waals surface area (Å²) in [7, 11) is -2.77. The average molecular weight is 416 g/mol. The molecule has 1 aliphatic carbocycles. The zero-order valence-corrected chi connectivity index (χ0v) is 20.5. The molecule has 0 aromatic carbocycles. The number of hydrogen-bond donors (Lipinski definition) is 1. The van der Waals surface area contributed by atoms with Gasteiger partial charge in [-0.3, -0.25) is 4.79 Å². The minimum absolute atomic E-state index is 0.0508. The fourth-order valence-electron chi connectivity index (χ4n) is 4.05. The number of rotatable bonds is 12. The Labute approximate surface area is 174 Å². The van der Waals surface area contributed by atoms with Crippen LogP contribution in [0.4, 0.5) is 0 Å². The number of amides is 1. The maximum atomic E-state index is 12.5. The van der Waals surface area contributed by atoms with E-state index in [9.17, 15) is 4.79 Å². The van der Waals surface area contributed by atoms with Crippen LogP contribution in [-0.4, -0.2) is 39.6 Å². The van der Waals surface area contributed by atoms with Crippen molar-refractivity contribution >= 4 is 14.7 Å². The quantitative estimate of drug-likeness (QED) is 0.353. The van der Waals surface area contributed by atoms with E-state index >= 15 is 0 Å². The summed E-state index contributed by atoms with van der Waals surface area (Å²) in [5.74, 6) is 1.91. The highest BCUT2D eigenvalue weighted by atomic mass is 28.4. The van der Waals surface area contributed by atoms with Crippen molar-refractivity contribution in [2.45, 2.75) is 112 Å². The molecule has 0 saturated heterocycles. The number of hydrogen-bond acceptors (Lipinski definition) is 4. The van der Waals surface area contributed by atoms with Crippen LogP contribution in [0.15, 0.2) is 0 Å². The molecular formula is C22H45NO4Si. The van der Waals surface area contributed by atoms with Gasteiger partial charge in [-0.2, -0.15) is 0 Å². The predicted molar refractivity (Wildman–Crippen MR) is 117 cm³/mol. The minimum Gasteiger partial charge on any atom is -0.371 e. The zero-order chi connectivity index (χ0) is 21.3. The molecule has 0 atom stereocenters. The van der Waals surface area contributed by atoms with Crippen LogP contribution in [0, 0.1) is 17.8 Å². The predicted octanol–water partition coefficient (Wildman–Crippen LogP) is 5.17. The maximum absolute atomic E-state index is 12.5. The van der Waals surface area contributed by atoms with Gasteiger partial charge in [-0.25, -0.2) is 0 Å². The van der Waals surface area contributed by atoms with E-state index < -0.39 is 8.80 Å². The fraction of sp³-hybridized carbons (Fsp3) is 0.955. The van der Waals surface area contributed by atoms with Gasteiger partial charge in [0.05, 0.1) is 0 Å². The maximum Gasteiger partial charge on any atom is 0.501 e. The Morgan fingerprint density at radius 3 is 1.71 bits per heavy atom. The third-order valence-electron chi connectivity index (χ3n) is 5.29. The first-order chi connectivity index (χ1) is 13.0. The van der Waals surface area contributed by atoms with Gasteiger partial charge in [0.1, 0.15) is 0 Å². The van der Waals surface area contributed by atoms with E-state index in [1.165, 1.54) is 12.8 Å². The average Bonchev–Trinajstić information content (AvgIpc) is 2.56. The normalized spacial score (nSPS) is 21.1. The number of carbonyl (C=O) groups is 1. The van der Waals surface area contributed by atoms with Crippen molar-refractivity contribution in [1.29, 1.82) is 0 Å². The summed E-state index contributed by atoms with van der Waals surface area (Å²) in [4.78, 5) is 12.5. The van der Waals surface area contributed by atoms with Gasteiger partial charge >= 0.3 is 8.80 Å². The van der Waals surface area contributed by atoms with Gasteiger partial charge in [0, 0.05) is 36.8 Å². The zero-order valence-electron chi connectivity index (χ0n) is 19.5. The van der Waals surface area contributed by atoms with E-state index in [-0.39, 0.29) is 30.1 Å². The summed E-state index contributed by atoms with van der Waals surface area (Å²) in [6, 6.07) is 0.724. The summed E-state index contributed by atoms with van der Waals surface area (Å²) in [6.45, 7) is 17.3. The molecule has 1 aliphatic rings. The first-order valence-electron chi connectivity index (χ1n) is 11.4. The van der Waals surface area contributed by atoms with Crippen molar-refractivity contribution < 1.29 is 18.1 Å². The first-order valence-corrected chi connectivity index (χ1v) is 13.3. The highest BCUT2D eigenvalue weighted by molar-refractivity contribution is 6.60. The second-order valence-electron chi connectivity index (χ2n) is 9.43. The molecule has 0 aromatic heterocycles. The Balaban J connectivity index is 2.51. The van der Waals surface area contributed by atoms with Crippen molar-refractivity contribution in [3.8, 4) is 0 Å². The van der Waals surface area contributed by atoms with Gasteiger partial charge in [-0.1, -0.05) is 13.8 Å². The molecule has 1 fully saturated rings. The number of nitrogens with one attached hydrogen (secondary N) is 1. The molecule has 166 valence electrons. The van der Waals surface area contributed by atoms with Crippen LogP contribution < -0.4 is 5.32 Å². The highest BCUT2D eigenvalue weighted by Gasteiger charge is 2.43. The van der Waals surface area contributed by atoms with Crippen molar-refractivity contribution in [2.75, 3.05) is 6.54 Å². The van der Waals surface area contributed by atoms with Gasteiger partial charge < -0.3 is 18.6 Å². The lowest BCUT2D eigenvalue weighted by Crippen LogP contribution is -2.51. The van der Waals surface area contributed by atoms with Gasteiger partial charge in [0.2, 0.25) is 5.91 Å². The van der Waals surface area contributed by atoms with E-state index in [0.717, 1.165) is 37.1 Å². The second-order valence-corrected chi connectivity index (χ2v) is 12.0. The van der Waals surface area contributed by atoms with Gasteiger partial charge in [0.25, 0.3) is 0 Å². The lowest BCUT2D eigenvalue weighted by molar-refractivity contribution is -0.126. The molecule has 1 rings (SSSR count). The van der Waals surface area contributed by atoms with Crippen LogP contribution in [-0.2, 0) is 18.1 Å². The summed E-state index contributed by atoms with van der Waals surface area (Å²) in [5.41, 5.74) is 0. The van der Waals surface area contributed by atoms with E-state index in [1.54, 1.807) is 0 Å². The van der Waals surface area contributed by atoms with E-state index in [1.807, 2.05) is 41.5 Å². The first kappa shape index (κ1) is 25.6. The molecule has 0 aliphatic heterocycles. The molecule has 0 radical (unpaired) electrons. The van der Waals surface area contributed by atoms with E-state index in [4.69, 9.17) is 13.3 Å². The van der Waals surface area contributed by atoms with E-state index in [2.05, 4.69) is 19.2 Å². The van der Waals surface area contributed by atoms with Crippen LogP contribution in [0.3, 0.4) is 0 Å². The van der Waals surface area contributed by atoms with Crippen molar-refractivity contribution in [2.24, 2.45) is 17.8 Å². The lowest BCUT2D eigenvalue weighted by atomic mass is 9.77. The van der Waals surface area contributed by atoms with Crippen molar-refractivity contribution in [3.05, 3.63) is 0 Å². The SMILES string of the molecule is CC(C)O[Si](CCCNC(=O)C1CCC(C(C)C)CC1)(OC(C)C)OC(C)C. The standard InChI is InChI=1S/C22H45NO4Si/c1-16(2)20-10-12-21(13-11-20)22(24)23-14-9-15-28(25-17(3)4,26-18(5)6)27-19(7)8/h16-21H,9-15H2,1-8H3,(H,23,24). The third kappa shape index (κ3) is 9.38. The summed E-state index contributed by atoms with van der Waals surface area (Å²) in [5, 5.41) is 3.15. The van der Waals surface area contributed by atoms with Crippen LogP contribution >= 0.6 is 0 Å². The molecule has 0 heterocycles. The van der Waals surface area contributed by atoms with Crippen LogP contribution in [0.5, 0.6) is 0 Å². The molecule has 0 spiro atoms. The third-order valence-corrected chi connectivity index (χ3v) is 8.75. The monoisotopic (exact) mass is 415 g/mol. The van der Waals surface area contributed by atoms with Crippen LogP contribution in [0.1, 0.15) is 87.5 Å². The lowest BCUT2D eigenvalue weighted by Gasteiger charge is -2.34. The van der Waals surface area contributed by atoms with Crippen LogP contribution in [0.25, 0.3) is 0 Å². The smallest absolute Gasteiger partial charge is 0.371 e. The van der Waals surface area contributed by atoms with Gasteiger partial charge in [0.15, 0.2) is 0 Å². The Kier molecular flexibility index (Phi) is 11.3. The van der Waals surface area contributed by atoms with Gasteiger partial charge in [-0.15, -0.1) is 0 Å². The van der Waals surface area contributed by atoms with Gasteiger partial charge in [-0.05, 0) is 85.5 Å². The number of carbonyl (C=O) groups excluding carboxylic acids is 1. The summed E-state index contributed by atoms with van der Waals surface area (Å²) >= 11 is 0. The second kappa shape index (κ2) is 12.3. The van der Waals surface area contributed by atoms with Crippen molar-refractivity contribution in [1.82, 2.24) is 5.32 Å². The summed E-state index contributed by atoms with van der Waals surface area (Å²) in [6.07, 6.45) is 5.37. The van der Waals surface area contributed by atoms with E-state index in [0.29, 0.717) is 6.54 Å². The molecule has 0 unspecified atom stereocenters. The molecule has 0 bridgehead atoms. The Morgan fingerprint density at radius 1 is 0.857 bits per heavy atom. The molecule has 5 nitrogen and oxygen atoms in total. The Hall–Kier alpha value is -0.433. The Bertz CT molecular complexity index is 419. The highest BCUT2D eigenvalue weighted by Crippen LogP contribution is 2.33. The molecule has 28 heavy (non-hydrogen) atoms. The topological polar surface area (TPSA) is 56.8 Å². The Morgan fingerprint density at radius 2 is 1.32 bits per heavy atom.